The molecule has 3 aromatic heterocycles. The van der Waals surface area contributed by atoms with Crippen LogP contribution in [0, 0.1) is 5.82 Å². The van der Waals surface area contributed by atoms with Gasteiger partial charge < -0.3 is 10.0 Å². The van der Waals surface area contributed by atoms with Crippen molar-refractivity contribution in [2.75, 3.05) is 11.4 Å². The molecule has 0 aliphatic heterocycles. The van der Waals surface area contributed by atoms with Crippen LogP contribution in [0.25, 0.3) is 22.4 Å². The topological polar surface area (TPSA) is 90.8 Å². The number of hydrogen-bond donors (Lipinski definition) is 2. The summed E-state index contributed by atoms with van der Waals surface area (Å²) < 4.78 is 13.7. The summed E-state index contributed by atoms with van der Waals surface area (Å²) in [5.74, 6) is 0.931. The van der Waals surface area contributed by atoms with E-state index in [2.05, 4.69) is 38.9 Å². The standard InChI is InChI=1S/C21H21FN6O/c1-13(2)28(8-7-14-3-5-17(29)6-4-14)21-18-12-24-27-20(18)25-19(26-21)15-9-16(22)11-23-10-15/h3-6,9-13,29H,7-8H2,1-2H3,(H,24,25,26,27). The molecule has 0 aliphatic rings. The molecule has 148 valence electrons. The minimum atomic E-state index is -0.439. The number of H-pyrrole nitrogens is 1. The van der Waals surface area contributed by atoms with Crippen LogP contribution in [0.4, 0.5) is 10.2 Å². The molecule has 3 heterocycles. The summed E-state index contributed by atoms with van der Waals surface area (Å²) in [6.07, 6.45) is 5.17. The Bertz CT molecular complexity index is 1130. The Labute approximate surface area is 167 Å². The number of halogens is 1. The molecule has 0 spiro atoms. The zero-order valence-electron chi connectivity index (χ0n) is 16.2. The largest absolute Gasteiger partial charge is 0.508 e. The van der Waals surface area contributed by atoms with Crippen molar-refractivity contribution in [1.82, 2.24) is 25.1 Å². The zero-order chi connectivity index (χ0) is 20.4. The van der Waals surface area contributed by atoms with Crippen LogP contribution in [-0.4, -0.2) is 42.8 Å². The highest BCUT2D eigenvalue weighted by molar-refractivity contribution is 5.88. The molecule has 0 unspecified atom stereocenters. The summed E-state index contributed by atoms with van der Waals surface area (Å²) in [6, 6.07) is 8.71. The van der Waals surface area contributed by atoms with Crippen LogP contribution in [0.5, 0.6) is 5.75 Å². The zero-order valence-corrected chi connectivity index (χ0v) is 16.2. The predicted molar refractivity (Wildman–Crippen MR) is 109 cm³/mol. The number of aromatic nitrogens is 5. The molecule has 0 bridgehead atoms. The van der Waals surface area contributed by atoms with E-state index in [9.17, 15) is 9.50 Å². The average molecular weight is 392 g/mol. The van der Waals surface area contributed by atoms with Crippen LogP contribution in [0.2, 0.25) is 0 Å². The number of rotatable bonds is 6. The first-order valence-electron chi connectivity index (χ1n) is 9.38. The molecule has 0 saturated heterocycles. The molecular weight excluding hydrogens is 371 g/mol. The van der Waals surface area contributed by atoms with Gasteiger partial charge in [-0.25, -0.2) is 14.4 Å². The van der Waals surface area contributed by atoms with Crippen molar-refractivity contribution in [2.45, 2.75) is 26.3 Å². The Morgan fingerprint density at radius 1 is 1.10 bits per heavy atom. The van der Waals surface area contributed by atoms with E-state index in [4.69, 9.17) is 4.98 Å². The quantitative estimate of drug-likeness (QED) is 0.520. The first-order chi connectivity index (χ1) is 14.0. The lowest BCUT2D eigenvalue weighted by atomic mass is 10.1. The number of hydrogen-bond acceptors (Lipinski definition) is 6. The number of fused-ring (bicyclic) bond motifs is 1. The van der Waals surface area contributed by atoms with E-state index < -0.39 is 5.82 Å². The molecule has 1 aromatic carbocycles. The lowest BCUT2D eigenvalue weighted by molar-refractivity contribution is 0.475. The van der Waals surface area contributed by atoms with Gasteiger partial charge in [-0.05, 0) is 44.0 Å². The van der Waals surface area contributed by atoms with Crippen LogP contribution in [-0.2, 0) is 6.42 Å². The van der Waals surface area contributed by atoms with Gasteiger partial charge in [0.2, 0.25) is 0 Å². The number of pyridine rings is 1. The fourth-order valence-corrected chi connectivity index (χ4v) is 3.22. The summed E-state index contributed by atoms with van der Waals surface area (Å²) in [7, 11) is 0. The molecule has 29 heavy (non-hydrogen) atoms. The van der Waals surface area contributed by atoms with Crippen molar-refractivity contribution in [1.29, 1.82) is 0 Å². The maximum Gasteiger partial charge on any atom is 0.165 e. The third kappa shape index (κ3) is 4.01. The van der Waals surface area contributed by atoms with Gasteiger partial charge in [0.1, 0.15) is 17.4 Å². The highest BCUT2D eigenvalue weighted by Gasteiger charge is 2.19. The van der Waals surface area contributed by atoms with Gasteiger partial charge in [0.15, 0.2) is 11.5 Å². The lowest BCUT2D eigenvalue weighted by Gasteiger charge is -2.28. The highest BCUT2D eigenvalue weighted by atomic mass is 19.1. The number of phenolic OH excluding ortho intramolecular Hbond substituents is 1. The molecule has 0 amide bonds. The van der Waals surface area contributed by atoms with Crippen LogP contribution >= 0.6 is 0 Å². The summed E-state index contributed by atoms with van der Waals surface area (Å²) in [5, 5.41) is 17.3. The minimum Gasteiger partial charge on any atom is -0.508 e. The minimum absolute atomic E-state index is 0.165. The van der Waals surface area contributed by atoms with Crippen molar-refractivity contribution in [3.05, 3.63) is 60.3 Å². The number of benzene rings is 1. The van der Waals surface area contributed by atoms with Gasteiger partial charge in [0.05, 0.1) is 17.8 Å². The van der Waals surface area contributed by atoms with Crippen molar-refractivity contribution in [2.24, 2.45) is 0 Å². The van der Waals surface area contributed by atoms with E-state index in [0.717, 1.165) is 29.4 Å². The van der Waals surface area contributed by atoms with Crippen molar-refractivity contribution < 1.29 is 9.50 Å². The maximum atomic E-state index is 13.7. The fraction of sp³-hybridized carbons (Fsp3) is 0.238. The predicted octanol–water partition coefficient (Wildman–Crippen LogP) is 3.72. The summed E-state index contributed by atoms with van der Waals surface area (Å²) in [6.45, 7) is 4.89. The highest BCUT2D eigenvalue weighted by Crippen LogP contribution is 2.28. The summed E-state index contributed by atoms with van der Waals surface area (Å²) in [5.41, 5.74) is 2.20. The molecule has 7 nitrogen and oxygen atoms in total. The Hall–Kier alpha value is -3.55. The monoisotopic (exact) mass is 392 g/mol. The van der Waals surface area contributed by atoms with Crippen molar-refractivity contribution in [3.8, 4) is 17.1 Å². The van der Waals surface area contributed by atoms with E-state index in [0.29, 0.717) is 23.6 Å². The normalized spacial score (nSPS) is 11.3. The number of nitrogens with zero attached hydrogens (tertiary/aromatic N) is 5. The van der Waals surface area contributed by atoms with E-state index in [1.165, 1.54) is 6.07 Å². The van der Waals surface area contributed by atoms with Gasteiger partial charge in [0, 0.05) is 24.3 Å². The Kier molecular flexibility index (Phi) is 5.07. The van der Waals surface area contributed by atoms with Crippen LogP contribution in [0.3, 0.4) is 0 Å². The van der Waals surface area contributed by atoms with E-state index in [-0.39, 0.29) is 11.8 Å². The molecule has 2 N–H and O–H groups in total. The van der Waals surface area contributed by atoms with Gasteiger partial charge in [-0.2, -0.15) is 5.10 Å². The molecule has 0 radical (unpaired) electrons. The van der Waals surface area contributed by atoms with Gasteiger partial charge in [-0.1, -0.05) is 12.1 Å². The van der Waals surface area contributed by atoms with Crippen LogP contribution < -0.4 is 4.90 Å². The second-order valence-corrected chi connectivity index (χ2v) is 7.10. The van der Waals surface area contributed by atoms with Gasteiger partial charge in [-0.15, -0.1) is 0 Å². The number of anilines is 1. The van der Waals surface area contributed by atoms with E-state index in [1.807, 2.05) is 12.1 Å². The molecule has 4 rings (SSSR count). The van der Waals surface area contributed by atoms with Gasteiger partial charge in [-0.3, -0.25) is 10.1 Å². The van der Waals surface area contributed by atoms with Gasteiger partial charge >= 0.3 is 0 Å². The Balaban J connectivity index is 1.72. The van der Waals surface area contributed by atoms with Crippen molar-refractivity contribution >= 4 is 16.9 Å². The van der Waals surface area contributed by atoms with Crippen molar-refractivity contribution in [3.63, 3.8) is 0 Å². The molecule has 4 aromatic rings. The van der Waals surface area contributed by atoms with Crippen LogP contribution in [0.15, 0.2) is 48.9 Å². The second kappa shape index (κ2) is 7.83. The first kappa shape index (κ1) is 18.8. The Morgan fingerprint density at radius 2 is 1.90 bits per heavy atom. The molecular formula is C21H21FN6O. The number of phenols is 1. The molecule has 0 fully saturated rings. The maximum absolute atomic E-state index is 13.7. The van der Waals surface area contributed by atoms with Crippen LogP contribution in [0.1, 0.15) is 19.4 Å². The first-order valence-corrected chi connectivity index (χ1v) is 9.38. The van der Waals surface area contributed by atoms with E-state index >= 15 is 0 Å². The smallest absolute Gasteiger partial charge is 0.165 e. The fourth-order valence-electron chi connectivity index (χ4n) is 3.22. The molecule has 0 saturated carbocycles. The third-order valence-corrected chi connectivity index (χ3v) is 4.73. The number of aromatic hydroxyl groups is 1. The van der Waals surface area contributed by atoms with E-state index in [1.54, 1.807) is 24.5 Å². The number of nitrogens with one attached hydrogen (secondary N) is 1. The molecule has 8 heteroatoms. The average Bonchev–Trinajstić information content (AvgIpc) is 3.18. The third-order valence-electron chi connectivity index (χ3n) is 4.73. The molecule has 0 atom stereocenters. The number of aromatic amines is 1. The summed E-state index contributed by atoms with van der Waals surface area (Å²) >= 11 is 0. The molecule has 0 aliphatic carbocycles. The second-order valence-electron chi connectivity index (χ2n) is 7.10. The summed E-state index contributed by atoms with van der Waals surface area (Å²) in [4.78, 5) is 15.3. The Morgan fingerprint density at radius 3 is 2.62 bits per heavy atom. The van der Waals surface area contributed by atoms with Gasteiger partial charge in [0.25, 0.3) is 0 Å². The lowest BCUT2D eigenvalue weighted by Crippen LogP contribution is -2.33. The SMILES string of the molecule is CC(C)N(CCc1ccc(O)cc1)c1nc(-c2cncc(F)c2)nc2[nH]ncc12.